The van der Waals surface area contributed by atoms with Gasteiger partial charge in [0, 0.05) is 10.9 Å². The van der Waals surface area contributed by atoms with Gasteiger partial charge in [-0.25, -0.2) is 0 Å². The van der Waals surface area contributed by atoms with Crippen molar-refractivity contribution >= 4 is 17.0 Å². The van der Waals surface area contributed by atoms with Crippen molar-refractivity contribution in [3.8, 4) is 0 Å². The van der Waals surface area contributed by atoms with E-state index in [1.807, 2.05) is 0 Å². The summed E-state index contributed by atoms with van der Waals surface area (Å²) < 4.78 is 6.45. The van der Waals surface area contributed by atoms with Gasteiger partial charge in [-0.1, -0.05) is 96.5 Å². The van der Waals surface area contributed by atoms with Crippen molar-refractivity contribution in [1.82, 2.24) is 0 Å². The Balaban J connectivity index is 1.08. The van der Waals surface area contributed by atoms with E-state index in [9.17, 15) is 0 Å². The average molecular weight is 567 g/mol. The van der Waals surface area contributed by atoms with Gasteiger partial charge in [0.15, 0.2) is 0 Å². The fourth-order valence-electron chi connectivity index (χ4n) is 11.0. The predicted molar refractivity (Wildman–Crippen MR) is 178 cm³/mol. The average Bonchev–Trinajstić information content (AvgIpc) is 3.46. The van der Waals surface area contributed by atoms with Gasteiger partial charge < -0.3 is 4.42 Å². The molecular formula is C42H46O. The third kappa shape index (κ3) is 4.40. The van der Waals surface area contributed by atoms with E-state index in [1.54, 1.807) is 16.7 Å². The molecule has 0 radical (unpaired) electrons. The van der Waals surface area contributed by atoms with Gasteiger partial charge in [0.2, 0.25) is 0 Å². The molecule has 0 bridgehead atoms. The highest BCUT2D eigenvalue weighted by molar-refractivity contribution is 5.86. The van der Waals surface area contributed by atoms with Crippen LogP contribution in [0.1, 0.15) is 87.9 Å². The zero-order valence-corrected chi connectivity index (χ0v) is 25.5. The number of allylic oxidation sites excluding steroid dienone is 13. The third-order valence-corrected chi connectivity index (χ3v) is 12.8. The lowest BCUT2D eigenvalue weighted by Crippen LogP contribution is -2.47. The molecule has 0 N–H and O–H groups in total. The van der Waals surface area contributed by atoms with E-state index in [0.29, 0.717) is 41.4 Å². The second-order valence-electron chi connectivity index (χ2n) is 14.8. The number of hydrogen-bond acceptors (Lipinski definition) is 1. The van der Waals surface area contributed by atoms with Crippen molar-refractivity contribution in [3.63, 3.8) is 0 Å². The summed E-state index contributed by atoms with van der Waals surface area (Å²) in [6.07, 6.45) is 42.2. The van der Waals surface area contributed by atoms with E-state index in [0.717, 1.165) is 29.6 Å². The third-order valence-electron chi connectivity index (χ3n) is 12.8. The molecule has 1 heterocycles. The monoisotopic (exact) mass is 566 g/mol. The molecule has 0 saturated heterocycles. The van der Waals surface area contributed by atoms with Gasteiger partial charge in [-0.3, -0.25) is 0 Å². The van der Waals surface area contributed by atoms with E-state index in [-0.39, 0.29) is 0 Å². The van der Waals surface area contributed by atoms with Crippen molar-refractivity contribution in [2.45, 2.75) is 76.5 Å². The minimum atomic E-state index is 0.500. The lowest BCUT2D eigenvalue weighted by Gasteiger charge is -2.54. The van der Waals surface area contributed by atoms with E-state index in [2.05, 4.69) is 91.1 Å². The number of rotatable bonds is 3. The molecule has 43 heavy (non-hydrogen) atoms. The maximum atomic E-state index is 6.45. The largest absolute Gasteiger partial charge is 0.456 e. The zero-order valence-electron chi connectivity index (χ0n) is 25.5. The van der Waals surface area contributed by atoms with Crippen molar-refractivity contribution in [2.75, 3.05) is 0 Å². The summed E-state index contributed by atoms with van der Waals surface area (Å²) in [7, 11) is 0. The van der Waals surface area contributed by atoms with Gasteiger partial charge in [0.25, 0.3) is 0 Å². The molecule has 2 saturated carbocycles. The Morgan fingerprint density at radius 2 is 1.74 bits per heavy atom. The predicted octanol–water partition coefficient (Wildman–Crippen LogP) is 11.3. The molecule has 9 rings (SSSR count). The van der Waals surface area contributed by atoms with Crippen molar-refractivity contribution in [2.24, 2.45) is 47.3 Å². The molecule has 220 valence electrons. The number of benzene rings is 1. The normalized spacial score (nSPS) is 38.0. The highest BCUT2D eigenvalue weighted by Crippen LogP contribution is 2.60. The second kappa shape index (κ2) is 10.8. The number of hydrogen-bond donors (Lipinski definition) is 0. The molecule has 2 fully saturated rings. The van der Waals surface area contributed by atoms with E-state index >= 15 is 0 Å². The van der Waals surface area contributed by atoms with Gasteiger partial charge in [-0.15, -0.1) is 0 Å². The molecule has 9 unspecified atom stereocenters. The van der Waals surface area contributed by atoms with E-state index < -0.39 is 0 Å². The van der Waals surface area contributed by atoms with Crippen LogP contribution in [0.3, 0.4) is 0 Å². The molecule has 1 aromatic carbocycles. The summed E-state index contributed by atoms with van der Waals surface area (Å²) in [5.41, 5.74) is 7.76. The first-order valence-electron chi connectivity index (χ1n) is 17.6. The summed E-state index contributed by atoms with van der Waals surface area (Å²) >= 11 is 0. The molecular weight excluding hydrogens is 520 g/mol. The maximum Gasteiger partial charge on any atom is 0.135 e. The zero-order chi connectivity index (χ0) is 28.3. The Labute approximate surface area is 257 Å². The van der Waals surface area contributed by atoms with E-state index in [4.69, 9.17) is 4.42 Å². The number of fused-ring (bicyclic) bond motifs is 6. The minimum absolute atomic E-state index is 0.500. The lowest BCUT2D eigenvalue weighted by atomic mass is 9.49. The highest BCUT2D eigenvalue weighted by Gasteiger charge is 2.52. The molecule has 7 aliphatic carbocycles. The summed E-state index contributed by atoms with van der Waals surface area (Å²) in [5.74, 6) is 7.11. The quantitative estimate of drug-likeness (QED) is 0.337. The topological polar surface area (TPSA) is 13.1 Å². The molecule has 9 atom stereocenters. The number of para-hydroxylation sites is 1. The van der Waals surface area contributed by atoms with Gasteiger partial charge in [0.05, 0.1) is 0 Å². The summed E-state index contributed by atoms with van der Waals surface area (Å²) in [6, 6.07) is 8.77. The number of furan rings is 1. The summed E-state index contributed by atoms with van der Waals surface area (Å²) in [6.45, 7) is 0. The fourth-order valence-corrected chi connectivity index (χ4v) is 11.0. The first-order chi connectivity index (χ1) is 21.3. The molecule has 0 amide bonds. The van der Waals surface area contributed by atoms with Gasteiger partial charge >= 0.3 is 0 Å². The van der Waals surface area contributed by atoms with Crippen LogP contribution in [-0.2, 0) is 0 Å². The van der Waals surface area contributed by atoms with Crippen LogP contribution in [0, 0.1) is 47.3 Å². The summed E-state index contributed by atoms with van der Waals surface area (Å²) in [5, 5.41) is 1.34. The maximum absolute atomic E-state index is 6.45. The van der Waals surface area contributed by atoms with Gasteiger partial charge in [0.1, 0.15) is 11.3 Å². The molecule has 1 nitrogen and oxygen atoms in total. The Morgan fingerprint density at radius 3 is 2.74 bits per heavy atom. The van der Waals surface area contributed by atoms with Crippen molar-refractivity contribution in [1.29, 1.82) is 0 Å². The first-order valence-corrected chi connectivity index (χ1v) is 17.6. The van der Waals surface area contributed by atoms with Crippen LogP contribution in [0.2, 0.25) is 0 Å². The van der Waals surface area contributed by atoms with Gasteiger partial charge in [-0.2, -0.15) is 0 Å². The van der Waals surface area contributed by atoms with Crippen LogP contribution < -0.4 is 0 Å². The lowest BCUT2D eigenvalue weighted by molar-refractivity contribution is 0.0664. The first kappa shape index (κ1) is 26.4. The molecule has 7 aliphatic rings. The Bertz CT molecular complexity index is 1610. The fraction of sp³-hybridized carbons (Fsp3) is 0.476. The van der Waals surface area contributed by atoms with Crippen LogP contribution in [0.4, 0.5) is 0 Å². The van der Waals surface area contributed by atoms with Crippen molar-refractivity contribution in [3.05, 3.63) is 113 Å². The smallest absolute Gasteiger partial charge is 0.135 e. The SMILES string of the molecule is C1=CCC2C(=C1)C(C1CC=Cc3oc4ccccc4c31)C1CCC=CC1C2C1C=C(C2CC=C3CCCCC3C2)C=CC1. The molecule has 2 aromatic rings. The van der Waals surface area contributed by atoms with Crippen LogP contribution in [0.25, 0.3) is 17.0 Å². The molecule has 0 spiro atoms. The van der Waals surface area contributed by atoms with Crippen LogP contribution in [0.15, 0.2) is 106 Å². The molecule has 1 heteroatoms. The Morgan fingerprint density at radius 1 is 0.814 bits per heavy atom. The van der Waals surface area contributed by atoms with Gasteiger partial charge in [-0.05, 0) is 135 Å². The Hall–Kier alpha value is -3.06. The van der Waals surface area contributed by atoms with E-state index in [1.165, 1.54) is 75.2 Å². The minimum Gasteiger partial charge on any atom is -0.456 e. The van der Waals surface area contributed by atoms with Crippen LogP contribution >= 0.6 is 0 Å². The van der Waals surface area contributed by atoms with Crippen LogP contribution in [-0.4, -0.2) is 0 Å². The van der Waals surface area contributed by atoms with Crippen LogP contribution in [0.5, 0.6) is 0 Å². The second-order valence-corrected chi connectivity index (χ2v) is 14.8. The molecule has 1 aromatic heterocycles. The highest BCUT2D eigenvalue weighted by atomic mass is 16.3. The standard InChI is InChI=1S/C42H46O/c1-2-12-28-25-30(24-23-27(28)11-1)29-13-9-14-31(26-29)40-32-15-3-5-17-34(32)41(35-18-6-4-16-33(35)40)37-20-10-22-39-42(37)36-19-7-8-21-38(36)43-39/h3-5,7-10,13,16-17,19,21-23,26,28,30-33,35,37,40-41H,1-2,6,11-12,14-15,18,20,24-25H2. The Kier molecular flexibility index (Phi) is 6.64. The summed E-state index contributed by atoms with van der Waals surface area (Å²) in [4.78, 5) is 0. The van der Waals surface area contributed by atoms with Crippen molar-refractivity contribution < 1.29 is 4.42 Å². The molecule has 0 aliphatic heterocycles.